The minimum absolute atomic E-state index is 0.0918. The Bertz CT molecular complexity index is 229. The number of hydrogen-bond acceptors (Lipinski definition) is 5. The third-order valence-electron chi connectivity index (χ3n) is 2.34. The number of ether oxygens (including phenoxy) is 1. The molecule has 2 N–H and O–H groups in total. The van der Waals surface area contributed by atoms with Gasteiger partial charge in [0.1, 0.15) is 5.54 Å². The summed E-state index contributed by atoms with van der Waals surface area (Å²) in [4.78, 5) is 11.3. The molecule has 5 heteroatoms. The van der Waals surface area contributed by atoms with Crippen molar-refractivity contribution in [1.82, 2.24) is 5.32 Å². The smallest absolute Gasteiger partial charge is 0.325 e. The van der Waals surface area contributed by atoms with Gasteiger partial charge in [0.2, 0.25) is 0 Å². The lowest BCUT2D eigenvalue weighted by Crippen LogP contribution is -2.45. The average Bonchev–Trinajstić information content (AvgIpc) is 2.48. The summed E-state index contributed by atoms with van der Waals surface area (Å²) in [6.07, 6.45) is 2.03. The molecule has 2 atom stereocenters. The fourth-order valence-corrected chi connectivity index (χ4v) is 1.61. The van der Waals surface area contributed by atoms with Gasteiger partial charge in [-0.1, -0.05) is 0 Å². The van der Waals surface area contributed by atoms with Crippen LogP contribution in [0.3, 0.4) is 0 Å². The second-order valence-electron chi connectivity index (χ2n) is 3.43. The van der Waals surface area contributed by atoms with E-state index in [1.54, 1.807) is 6.92 Å². The molecule has 0 aromatic rings. The third kappa shape index (κ3) is 1.98. The van der Waals surface area contributed by atoms with Crippen molar-refractivity contribution < 1.29 is 14.7 Å². The number of carbonyl (C=O) groups excluding carboxylic acids is 1. The number of hydrogen-bond donors (Lipinski definition) is 2. The van der Waals surface area contributed by atoms with Gasteiger partial charge in [-0.3, -0.25) is 4.79 Å². The molecular formula is C8H14N2O3. The number of esters is 1. The summed E-state index contributed by atoms with van der Waals surface area (Å²) in [6, 6.07) is 0. The fraction of sp³-hybridized carbons (Fsp3) is 0.750. The Kier molecular flexibility index (Phi) is 2.87. The monoisotopic (exact) mass is 186 g/mol. The van der Waals surface area contributed by atoms with Gasteiger partial charge in [-0.05, 0) is 13.3 Å². The first-order valence-corrected chi connectivity index (χ1v) is 4.13. The van der Waals surface area contributed by atoms with Crippen LogP contribution in [0.5, 0.6) is 0 Å². The third-order valence-corrected chi connectivity index (χ3v) is 2.34. The molecule has 13 heavy (non-hydrogen) atoms. The van der Waals surface area contributed by atoms with Gasteiger partial charge < -0.3 is 15.3 Å². The van der Waals surface area contributed by atoms with Crippen molar-refractivity contribution in [3.05, 3.63) is 0 Å². The molecule has 1 heterocycles. The number of methoxy groups -OCH3 is 1. The van der Waals surface area contributed by atoms with E-state index in [4.69, 9.17) is 5.21 Å². The highest BCUT2D eigenvalue weighted by atomic mass is 16.5. The highest BCUT2D eigenvalue weighted by Crippen LogP contribution is 2.23. The summed E-state index contributed by atoms with van der Waals surface area (Å²) in [6.45, 7) is 2.42. The second-order valence-corrected chi connectivity index (χ2v) is 3.43. The maximum absolute atomic E-state index is 11.3. The molecule has 0 radical (unpaired) electrons. The molecule has 0 aliphatic carbocycles. The van der Waals surface area contributed by atoms with Gasteiger partial charge in [0.15, 0.2) is 0 Å². The van der Waals surface area contributed by atoms with Crippen LogP contribution in [0.4, 0.5) is 0 Å². The zero-order chi connectivity index (χ0) is 9.90. The van der Waals surface area contributed by atoms with Crippen molar-refractivity contribution >= 4 is 12.2 Å². The van der Waals surface area contributed by atoms with Crippen LogP contribution < -0.4 is 5.32 Å². The van der Waals surface area contributed by atoms with Gasteiger partial charge in [-0.2, -0.15) is 0 Å². The Balaban J connectivity index is 2.61. The van der Waals surface area contributed by atoms with Gasteiger partial charge in [-0.15, -0.1) is 5.16 Å². The quantitative estimate of drug-likeness (QED) is 0.275. The maximum atomic E-state index is 11.3. The topological polar surface area (TPSA) is 70.9 Å². The van der Waals surface area contributed by atoms with Gasteiger partial charge in [-0.25, -0.2) is 0 Å². The Labute approximate surface area is 76.8 Å². The molecule has 1 aliphatic heterocycles. The SMILES string of the molecule is COC(=O)C1(C)CC(/C=N/O)CN1. The molecule has 1 fully saturated rings. The van der Waals surface area contributed by atoms with Gasteiger partial charge in [0.05, 0.1) is 7.11 Å². The molecule has 0 aromatic heterocycles. The summed E-state index contributed by atoms with van der Waals surface area (Å²) in [5.74, 6) is -0.185. The van der Waals surface area contributed by atoms with Gasteiger partial charge >= 0.3 is 5.97 Å². The molecule has 5 nitrogen and oxygen atoms in total. The normalized spacial score (nSPS) is 33.8. The van der Waals surface area contributed by atoms with E-state index >= 15 is 0 Å². The van der Waals surface area contributed by atoms with Crippen molar-refractivity contribution in [2.24, 2.45) is 11.1 Å². The van der Waals surface area contributed by atoms with Crippen molar-refractivity contribution in [3.63, 3.8) is 0 Å². The first-order chi connectivity index (χ1) is 6.12. The second kappa shape index (κ2) is 3.74. The molecule has 74 valence electrons. The summed E-state index contributed by atoms with van der Waals surface area (Å²) in [5, 5.41) is 14.3. The number of nitrogens with zero attached hydrogens (tertiary/aromatic N) is 1. The van der Waals surface area contributed by atoms with E-state index in [0.29, 0.717) is 13.0 Å². The van der Waals surface area contributed by atoms with Crippen molar-refractivity contribution in [2.75, 3.05) is 13.7 Å². The van der Waals surface area contributed by atoms with Crippen LogP contribution in [0.1, 0.15) is 13.3 Å². The van der Waals surface area contributed by atoms with E-state index in [0.717, 1.165) is 0 Å². The number of carbonyl (C=O) groups is 1. The number of nitrogens with one attached hydrogen (secondary N) is 1. The van der Waals surface area contributed by atoms with Crippen molar-refractivity contribution in [3.8, 4) is 0 Å². The molecule has 2 unspecified atom stereocenters. The Morgan fingerprint density at radius 2 is 2.54 bits per heavy atom. The molecule has 1 aliphatic rings. The summed E-state index contributed by atoms with van der Waals surface area (Å²) in [7, 11) is 1.36. The van der Waals surface area contributed by atoms with Crippen LogP contribution >= 0.6 is 0 Å². The zero-order valence-electron chi connectivity index (χ0n) is 7.78. The molecule has 0 spiro atoms. The Hall–Kier alpha value is -1.10. The first kappa shape index (κ1) is 9.98. The van der Waals surface area contributed by atoms with E-state index in [2.05, 4.69) is 15.2 Å². The van der Waals surface area contributed by atoms with Crippen LogP contribution in [0.25, 0.3) is 0 Å². The van der Waals surface area contributed by atoms with Crippen LogP contribution in [0.2, 0.25) is 0 Å². The van der Waals surface area contributed by atoms with Crippen molar-refractivity contribution in [1.29, 1.82) is 0 Å². The van der Waals surface area contributed by atoms with E-state index in [9.17, 15) is 4.79 Å². The minimum Gasteiger partial charge on any atom is -0.468 e. The molecular weight excluding hydrogens is 172 g/mol. The van der Waals surface area contributed by atoms with Crippen LogP contribution in [0.15, 0.2) is 5.16 Å². The summed E-state index contributed by atoms with van der Waals surface area (Å²) >= 11 is 0. The predicted octanol–water partition coefficient (Wildman–Crippen LogP) is -0.0124. The average molecular weight is 186 g/mol. The lowest BCUT2D eigenvalue weighted by atomic mass is 9.96. The van der Waals surface area contributed by atoms with E-state index < -0.39 is 5.54 Å². The highest BCUT2D eigenvalue weighted by Gasteiger charge is 2.41. The van der Waals surface area contributed by atoms with Crippen LogP contribution in [-0.4, -0.2) is 36.6 Å². The van der Waals surface area contributed by atoms with E-state index in [1.165, 1.54) is 13.3 Å². The largest absolute Gasteiger partial charge is 0.468 e. The molecule has 0 aromatic carbocycles. The number of rotatable bonds is 2. The van der Waals surface area contributed by atoms with Crippen LogP contribution in [0, 0.1) is 5.92 Å². The standard InChI is InChI=1S/C8H14N2O3/c1-8(7(11)13-2)3-6(4-9-8)5-10-12/h5-6,9,12H,3-4H2,1-2H3/b10-5+. The Morgan fingerprint density at radius 1 is 1.85 bits per heavy atom. The molecule has 0 bridgehead atoms. The first-order valence-electron chi connectivity index (χ1n) is 4.13. The van der Waals surface area contributed by atoms with Gasteiger partial charge in [0, 0.05) is 18.7 Å². The predicted molar refractivity (Wildman–Crippen MR) is 46.8 cm³/mol. The molecule has 1 rings (SSSR count). The lowest BCUT2D eigenvalue weighted by molar-refractivity contribution is -0.147. The number of oxime groups is 1. The van der Waals surface area contributed by atoms with E-state index in [-0.39, 0.29) is 11.9 Å². The molecule has 0 amide bonds. The molecule has 0 saturated carbocycles. The minimum atomic E-state index is -0.638. The molecule has 1 saturated heterocycles. The lowest BCUT2D eigenvalue weighted by Gasteiger charge is -2.20. The zero-order valence-corrected chi connectivity index (χ0v) is 7.78. The summed E-state index contributed by atoms with van der Waals surface area (Å²) < 4.78 is 4.66. The maximum Gasteiger partial charge on any atom is 0.325 e. The van der Waals surface area contributed by atoms with Crippen LogP contribution in [-0.2, 0) is 9.53 Å². The fourth-order valence-electron chi connectivity index (χ4n) is 1.61. The highest BCUT2D eigenvalue weighted by molar-refractivity contribution is 5.81. The van der Waals surface area contributed by atoms with Gasteiger partial charge in [0.25, 0.3) is 0 Å². The van der Waals surface area contributed by atoms with E-state index in [1.807, 2.05) is 0 Å². The Morgan fingerprint density at radius 3 is 3.08 bits per heavy atom. The van der Waals surface area contributed by atoms with Crippen molar-refractivity contribution in [2.45, 2.75) is 18.9 Å². The summed E-state index contributed by atoms with van der Waals surface area (Å²) in [5.41, 5.74) is -0.638.